The van der Waals surface area contributed by atoms with Crippen LogP contribution in [0.1, 0.15) is 52.9 Å². The Hall–Kier alpha value is -0.620. The molecule has 5 nitrogen and oxygen atoms in total. The number of hydrogen-bond donors (Lipinski definition) is 2. The van der Waals surface area contributed by atoms with Gasteiger partial charge in [-0.05, 0) is 45.7 Å². The molecule has 0 aromatic rings. The minimum Gasteiger partial charge on any atom is -0.355 e. The van der Waals surface area contributed by atoms with Crippen molar-refractivity contribution >= 4 is 16.8 Å². The summed E-state index contributed by atoms with van der Waals surface area (Å²) >= 11 is 0. The van der Waals surface area contributed by atoms with E-state index in [1.807, 2.05) is 14.0 Å². The molecule has 4 atom stereocenters. The van der Waals surface area contributed by atoms with E-state index in [1.165, 1.54) is 0 Å². The average molecular weight is 359 g/mol. The lowest BCUT2D eigenvalue weighted by Crippen LogP contribution is -2.50. The molecule has 0 aromatic carbocycles. The molecular formula is C18H38N4OS. The lowest BCUT2D eigenvalue weighted by atomic mass is 9.95. The highest BCUT2D eigenvalue weighted by atomic mass is 32.2. The SMILES string of the molecule is CCS(=O)C1CCCC(NC(=NC)NCC(CC(C)C)N(C)C)C1. The number of rotatable bonds is 8. The molecule has 1 rings (SSSR count). The Morgan fingerprint density at radius 3 is 2.58 bits per heavy atom. The second kappa shape index (κ2) is 11.1. The molecule has 1 saturated carbocycles. The minimum absolute atomic E-state index is 0.342. The molecule has 2 N–H and O–H groups in total. The normalized spacial score (nSPS) is 24.9. The highest BCUT2D eigenvalue weighted by molar-refractivity contribution is 7.85. The van der Waals surface area contributed by atoms with Crippen LogP contribution in [0.2, 0.25) is 0 Å². The quantitative estimate of drug-likeness (QED) is 0.516. The summed E-state index contributed by atoms with van der Waals surface area (Å²) in [7, 11) is 5.42. The van der Waals surface area contributed by atoms with E-state index in [4.69, 9.17) is 0 Å². The van der Waals surface area contributed by atoms with Gasteiger partial charge in [0.05, 0.1) is 0 Å². The van der Waals surface area contributed by atoms with Crippen LogP contribution >= 0.6 is 0 Å². The molecule has 0 bridgehead atoms. The molecular weight excluding hydrogens is 320 g/mol. The van der Waals surface area contributed by atoms with E-state index in [0.29, 0.717) is 23.3 Å². The largest absolute Gasteiger partial charge is 0.355 e. The molecule has 24 heavy (non-hydrogen) atoms. The summed E-state index contributed by atoms with van der Waals surface area (Å²) < 4.78 is 12.1. The Labute approximate surface area is 151 Å². The second-order valence-electron chi connectivity index (χ2n) is 7.50. The number of guanidine groups is 1. The average Bonchev–Trinajstić information content (AvgIpc) is 2.56. The van der Waals surface area contributed by atoms with E-state index in [2.05, 4.69) is 48.5 Å². The molecule has 0 heterocycles. The topological polar surface area (TPSA) is 56.7 Å². The van der Waals surface area contributed by atoms with Gasteiger partial charge in [-0.3, -0.25) is 9.20 Å². The fraction of sp³-hybridized carbons (Fsp3) is 0.944. The molecule has 1 fully saturated rings. The third-order valence-corrected chi connectivity index (χ3v) is 6.57. The summed E-state index contributed by atoms with van der Waals surface area (Å²) in [5.74, 6) is 2.32. The van der Waals surface area contributed by atoms with Gasteiger partial charge < -0.3 is 15.5 Å². The Morgan fingerprint density at radius 2 is 2.04 bits per heavy atom. The van der Waals surface area contributed by atoms with Gasteiger partial charge in [0.25, 0.3) is 0 Å². The summed E-state index contributed by atoms with van der Waals surface area (Å²) in [5.41, 5.74) is 0. The van der Waals surface area contributed by atoms with Crippen LogP contribution in [0.4, 0.5) is 0 Å². The van der Waals surface area contributed by atoms with Crippen molar-refractivity contribution in [3.8, 4) is 0 Å². The zero-order valence-electron chi connectivity index (χ0n) is 16.5. The number of nitrogens with one attached hydrogen (secondary N) is 2. The Kier molecular flexibility index (Phi) is 9.89. The Morgan fingerprint density at radius 1 is 1.33 bits per heavy atom. The van der Waals surface area contributed by atoms with Crippen LogP contribution in [-0.2, 0) is 10.8 Å². The fourth-order valence-corrected chi connectivity index (χ4v) is 4.72. The Balaban J connectivity index is 2.50. The van der Waals surface area contributed by atoms with E-state index in [9.17, 15) is 4.21 Å². The number of nitrogens with zero attached hydrogens (tertiary/aromatic N) is 2. The maximum absolute atomic E-state index is 12.1. The van der Waals surface area contributed by atoms with Gasteiger partial charge in [0.2, 0.25) is 0 Å². The summed E-state index contributed by atoms with van der Waals surface area (Å²) in [6.07, 6.45) is 5.55. The summed E-state index contributed by atoms with van der Waals surface area (Å²) in [6.45, 7) is 7.44. The van der Waals surface area contributed by atoms with Gasteiger partial charge in [0.15, 0.2) is 5.96 Å². The maximum atomic E-state index is 12.1. The van der Waals surface area contributed by atoms with Crippen LogP contribution in [0.25, 0.3) is 0 Å². The van der Waals surface area contributed by atoms with Crippen LogP contribution in [0.15, 0.2) is 4.99 Å². The molecule has 0 aliphatic heterocycles. The minimum atomic E-state index is -0.682. The van der Waals surface area contributed by atoms with Crippen molar-refractivity contribution in [2.24, 2.45) is 10.9 Å². The summed E-state index contributed by atoms with van der Waals surface area (Å²) in [5, 5.41) is 7.37. The fourth-order valence-electron chi connectivity index (χ4n) is 3.37. The zero-order valence-corrected chi connectivity index (χ0v) is 17.3. The molecule has 4 unspecified atom stereocenters. The predicted molar refractivity (Wildman–Crippen MR) is 106 cm³/mol. The highest BCUT2D eigenvalue weighted by Gasteiger charge is 2.26. The molecule has 1 aliphatic rings. The first-order valence-electron chi connectivity index (χ1n) is 9.38. The summed E-state index contributed by atoms with van der Waals surface area (Å²) in [4.78, 5) is 6.66. The Bertz CT molecular complexity index is 412. The van der Waals surface area contributed by atoms with Crippen LogP contribution in [0.5, 0.6) is 0 Å². The monoisotopic (exact) mass is 358 g/mol. The van der Waals surface area contributed by atoms with Gasteiger partial charge in [-0.1, -0.05) is 27.2 Å². The van der Waals surface area contributed by atoms with Crippen molar-refractivity contribution in [1.29, 1.82) is 0 Å². The molecule has 0 radical (unpaired) electrons. The maximum Gasteiger partial charge on any atom is 0.191 e. The van der Waals surface area contributed by atoms with E-state index >= 15 is 0 Å². The molecule has 6 heteroatoms. The van der Waals surface area contributed by atoms with Crippen molar-refractivity contribution in [3.05, 3.63) is 0 Å². The molecule has 1 aliphatic carbocycles. The predicted octanol–water partition coefficient (Wildman–Crippen LogP) is 2.21. The summed E-state index contributed by atoms with van der Waals surface area (Å²) in [6, 6.07) is 0.878. The van der Waals surface area contributed by atoms with Gasteiger partial charge in [0, 0.05) is 47.5 Å². The molecule has 142 valence electrons. The standard InChI is InChI=1S/C18H38N4OS/c1-7-24(23)17-10-8-9-15(12-17)21-18(19-4)20-13-16(22(5)6)11-14(2)3/h14-17H,7-13H2,1-6H3,(H2,19,20,21). The van der Waals surface area contributed by atoms with Crippen molar-refractivity contribution in [2.45, 2.75) is 70.2 Å². The van der Waals surface area contributed by atoms with Crippen molar-refractivity contribution in [1.82, 2.24) is 15.5 Å². The lowest BCUT2D eigenvalue weighted by molar-refractivity contribution is 0.254. The van der Waals surface area contributed by atoms with Crippen LogP contribution in [0, 0.1) is 5.92 Å². The highest BCUT2D eigenvalue weighted by Crippen LogP contribution is 2.23. The van der Waals surface area contributed by atoms with Crippen molar-refractivity contribution in [3.63, 3.8) is 0 Å². The number of likely N-dealkylation sites (N-methyl/N-ethyl adjacent to an activating group) is 1. The molecule has 0 spiro atoms. The van der Waals surface area contributed by atoms with E-state index in [1.54, 1.807) is 0 Å². The van der Waals surface area contributed by atoms with Gasteiger partial charge in [-0.2, -0.15) is 0 Å². The van der Waals surface area contributed by atoms with Crippen molar-refractivity contribution in [2.75, 3.05) is 33.4 Å². The van der Waals surface area contributed by atoms with E-state index < -0.39 is 10.8 Å². The van der Waals surface area contributed by atoms with E-state index in [0.717, 1.165) is 50.4 Å². The van der Waals surface area contributed by atoms with Gasteiger partial charge in [0.1, 0.15) is 0 Å². The lowest BCUT2D eigenvalue weighted by Gasteiger charge is -2.31. The van der Waals surface area contributed by atoms with Crippen LogP contribution in [0.3, 0.4) is 0 Å². The first kappa shape index (κ1) is 21.4. The van der Waals surface area contributed by atoms with E-state index in [-0.39, 0.29) is 0 Å². The van der Waals surface area contributed by atoms with Gasteiger partial charge >= 0.3 is 0 Å². The second-order valence-corrected chi connectivity index (χ2v) is 9.50. The third-order valence-electron chi connectivity index (χ3n) is 4.83. The van der Waals surface area contributed by atoms with Crippen LogP contribution in [-0.4, -0.2) is 65.8 Å². The zero-order chi connectivity index (χ0) is 18.1. The number of hydrogen-bond acceptors (Lipinski definition) is 3. The first-order valence-corrected chi connectivity index (χ1v) is 10.8. The third kappa shape index (κ3) is 7.51. The molecule has 0 amide bonds. The van der Waals surface area contributed by atoms with Crippen LogP contribution < -0.4 is 10.6 Å². The van der Waals surface area contributed by atoms with Gasteiger partial charge in [-0.15, -0.1) is 0 Å². The molecule has 0 aromatic heterocycles. The first-order chi connectivity index (χ1) is 11.4. The molecule has 0 saturated heterocycles. The van der Waals surface area contributed by atoms with Crippen molar-refractivity contribution < 1.29 is 4.21 Å². The smallest absolute Gasteiger partial charge is 0.191 e. The number of aliphatic imine (C=N–C) groups is 1. The van der Waals surface area contributed by atoms with Gasteiger partial charge in [-0.25, -0.2) is 0 Å².